The maximum atomic E-state index is 10.9. The van der Waals surface area contributed by atoms with Gasteiger partial charge >= 0.3 is 5.97 Å². The summed E-state index contributed by atoms with van der Waals surface area (Å²) in [6, 6.07) is 8.20. The number of hydrogen-bond donors (Lipinski definition) is 1. The van der Waals surface area contributed by atoms with Crippen LogP contribution in [0.3, 0.4) is 0 Å². The highest BCUT2D eigenvalue weighted by Crippen LogP contribution is 2.24. The van der Waals surface area contributed by atoms with E-state index in [4.69, 9.17) is 11.5 Å². The third kappa shape index (κ3) is 3.90. The second-order valence-electron chi connectivity index (χ2n) is 4.34. The van der Waals surface area contributed by atoms with Gasteiger partial charge in [-0.15, -0.1) is 6.42 Å². The number of rotatable bonds is 6. The molecule has 3 nitrogen and oxygen atoms in total. The van der Waals surface area contributed by atoms with Crippen LogP contribution in [0.15, 0.2) is 24.3 Å². The van der Waals surface area contributed by atoms with Crippen LogP contribution in [0.1, 0.15) is 30.5 Å². The molecule has 0 spiro atoms. The van der Waals surface area contributed by atoms with E-state index in [1.165, 1.54) is 5.56 Å². The van der Waals surface area contributed by atoms with Crippen molar-refractivity contribution in [2.45, 2.75) is 26.3 Å². The fourth-order valence-corrected chi connectivity index (χ4v) is 2.06. The second kappa shape index (κ2) is 6.83. The quantitative estimate of drug-likeness (QED) is 0.783. The fraction of sp³-hybridized carbons (Fsp3) is 0.400. The van der Waals surface area contributed by atoms with E-state index in [1.807, 2.05) is 43.0 Å². The van der Waals surface area contributed by atoms with Crippen LogP contribution in [-0.2, 0) is 4.79 Å². The molecule has 0 heterocycles. The normalized spacial score (nSPS) is 12.1. The number of aliphatic carboxylic acids is 1. The van der Waals surface area contributed by atoms with Crippen molar-refractivity contribution in [1.82, 2.24) is 4.90 Å². The first-order chi connectivity index (χ1) is 8.58. The molecule has 0 bridgehead atoms. The Hall–Kier alpha value is -1.79. The number of aryl methyl sites for hydroxylation is 1. The first-order valence-electron chi connectivity index (χ1n) is 6.04. The van der Waals surface area contributed by atoms with Crippen molar-refractivity contribution in [3.63, 3.8) is 0 Å². The van der Waals surface area contributed by atoms with Gasteiger partial charge < -0.3 is 5.11 Å². The lowest BCUT2D eigenvalue weighted by molar-refractivity contribution is -0.138. The van der Waals surface area contributed by atoms with Gasteiger partial charge in [-0.05, 0) is 18.9 Å². The van der Waals surface area contributed by atoms with Crippen LogP contribution in [0.5, 0.6) is 0 Å². The zero-order chi connectivity index (χ0) is 13.5. The van der Waals surface area contributed by atoms with Gasteiger partial charge in [-0.25, -0.2) is 0 Å². The summed E-state index contributed by atoms with van der Waals surface area (Å²) < 4.78 is 0. The molecule has 1 aromatic carbocycles. The maximum absolute atomic E-state index is 10.9. The Morgan fingerprint density at radius 1 is 1.44 bits per heavy atom. The van der Waals surface area contributed by atoms with Gasteiger partial charge in [0.05, 0.1) is 13.1 Å². The molecule has 0 aliphatic heterocycles. The predicted molar refractivity (Wildman–Crippen MR) is 72.3 cm³/mol. The number of hydrogen-bond acceptors (Lipinski definition) is 2. The molecule has 18 heavy (non-hydrogen) atoms. The van der Waals surface area contributed by atoms with Crippen LogP contribution in [-0.4, -0.2) is 29.1 Å². The number of carbonyl (C=O) groups is 1. The largest absolute Gasteiger partial charge is 0.480 e. The minimum absolute atomic E-state index is 0.0312. The molecule has 0 aliphatic carbocycles. The van der Waals surface area contributed by atoms with Crippen LogP contribution in [0.25, 0.3) is 0 Å². The minimum Gasteiger partial charge on any atom is -0.480 e. The number of carboxylic acids is 1. The van der Waals surface area contributed by atoms with Crippen molar-refractivity contribution in [3.8, 4) is 12.3 Å². The lowest BCUT2D eigenvalue weighted by Gasteiger charge is -2.28. The van der Waals surface area contributed by atoms with Crippen LogP contribution in [0, 0.1) is 19.3 Å². The van der Waals surface area contributed by atoms with E-state index in [1.54, 1.807) is 0 Å². The summed E-state index contributed by atoms with van der Waals surface area (Å²) in [4.78, 5) is 12.7. The first-order valence-corrected chi connectivity index (χ1v) is 6.04. The molecular weight excluding hydrogens is 226 g/mol. The molecule has 0 aliphatic rings. The maximum Gasteiger partial charge on any atom is 0.317 e. The van der Waals surface area contributed by atoms with Gasteiger partial charge in [0.1, 0.15) is 0 Å². The van der Waals surface area contributed by atoms with Gasteiger partial charge in [0.2, 0.25) is 0 Å². The Balaban J connectivity index is 2.94. The molecule has 0 fully saturated rings. The molecule has 0 radical (unpaired) electrons. The van der Waals surface area contributed by atoms with Gasteiger partial charge in [0.25, 0.3) is 0 Å². The van der Waals surface area contributed by atoms with Crippen molar-refractivity contribution in [2.75, 3.05) is 13.1 Å². The summed E-state index contributed by atoms with van der Waals surface area (Å²) in [5, 5.41) is 8.94. The van der Waals surface area contributed by atoms with Gasteiger partial charge in [0.15, 0.2) is 0 Å². The smallest absolute Gasteiger partial charge is 0.317 e. The van der Waals surface area contributed by atoms with Crippen LogP contribution in [0.4, 0.5) is 0 Å². The lowest BCUT2D eigenvalue weighted by atomic mass is 10.0. The SMILES string of the molecule is C#CCN(CC(=O)O)C(CC)c1ccc(C)cc1. The van der Waals surface area contributed by atoms with Crippen molar-refractivity contribution in [2.24, 2.45) is 0 Å². The van der Waals surface area contributed by atoms with Crippen LogP contribution in [0.2, 0.25) is 0 Å². The molecule has 1 aromatic rings. The van der Waals surface area contributed by atoms with Crippen molar-refractivity contribution in [1.29, 1.82) is 0 Å². The Kier molecular flexibility index (Phi) is 5.41. The molecule has 0 amide bonds. The van der Waals surface area contributed by atoms with Crippen molar-refractivity contribution in [3.05, 3.63) is 35.4 Å². The average molecular weight is 245 g/mol. The summed E-state index contributed by atoms with van der Waals surface area (Å²) in [6.07, 6.45) is 6.15. The summed E-state index contributed by atoms with van der Waals surface area (Å²) in [6.45, 7) is 4.38. The minimum atomic E-state index is -0.851. The number of nitrogens with zero attached hydrogens (tertiary/aromatic N) is 1. The van der Waals surface area contributed by atoms with E-state index in [2.05, 4.69) is 5.92 Å². The molecule has 3 heteroatoms. The summed E-state index contributed by atoms with van der Waals surface area (Å²) in [5.41, 5.74) is 2.30. The lowest BCUT2D eigenvalue weighted by Crippen LogP contribution is -2.33. The highest BCUT2D eigenvalue weighted by Gasteiger charge is 2.20. The monoisotopic (exact) mass is 245 g/mol. The zero-order valence-corrected chi connectivity index (χ0v) is 10.9. The topological polar surface area (TPSA) is 40.5 Å². The van der Waals surface area contributed by atoms with Crippen molar-refractivity contribution < 1.29 is 9.90 Å². The summed E-state index contributed by atoms with van der Waals surface area (Å²) in [5.74, 6) is 1.68. The third-order valence-electron chi connectivity index (χ3n) is 2.92. The van der Waals surface area contributed by atoms with Gasteiger partial charge in [0, 0.05) is 6.04 Å². The molecule has 1 unspecified atom stereocenters. The van der Waals surface area contributed by atoms with E-state index in [9.17, 15) is 4.79 Å². The molecule has 0 saturated heterocycles. The summed E-state index contributed by atoms with van der Waals surface area (Å²) >= 11 is 0. The Morgan fingerprint density at radius 3 is 2.50 bits per heavy atom. The highest BCUT2D eigenvalue weighted by atomic mass is 16.4. The zero-order valence-electron chi connectivity index (χ0n) is 10.9. The van der Waals surface area contributed by atoms with E-state index in [0.717, 1.165) is 12.0 Å². The van der Waals surface area contributed by atoms with E-state index in [0.29, 0.717) is 6.54 Å². The number of benzene rings is 1. The Bertz CT molecular complexity index is 431. The molecule has 96 valence electrons. The van der Waals surface area contributed by atoms with Crippen LogP contribution >= 0.6 is 0 Å². The third-order valence-corrected chi connectivity index (χ3v) is 2.92. The summed E-state index contributed by atoms with van der Waals surface area (Å²) in [7, 11) is 0. The van der Waals surface area contributed by atoms with Gasteiger partial charge in [-0.1, -0.05) is 42.7 Å². The molecular formula is C15H19NO2. The molecule has 0 aromatic heterocycles. The number of terminal acetylenes is 1. The predicted octanol–water partition coefficient (Wildman–Crippen LogP) is 2.47. The molecule has 1 rings (SSSR count). The highest BCUT2D eigenvalue weighted by molar-refractivity contribution is 5.69. The average Bonchev–Trinajstić information content (AvgIpc) is 2.32. The van der Waals surface area contributed by atoms with Gasteiger partial charge in [-0.3, -0.25) is 9.69 Å². The molecule has 1 atom stereocenters. The number of carboxylic acid groups (broad SMARTS) is 1. The Morgan fingerprint density at radius 2 is 2.06 bits per heavy atom. The first kappa shape index (κ1) is 14.3. The van der Waals surface area contributed by atoms with Gasteiger partial charge in [-0.2, -0.15) is 0 Å². The fourth-order valence-electron chi connectivity index (χ4n) is 2.06. The second-order valence-corrected chi connectivity index (χ2v) is 4.34. The van der Waals surface area contributed by atoms with E-state index in [-0.39, 0.29) is 12.6 Å². The standard InChI is InChI=1S/C15H19NO2/c1-4-10-16(11-15(17)18)14(5-2)13-8-6-12(3)7-9-13/h1,6-9,14H,5,10-11H2,2-3H3,(H,17,18). The van der Waals surface area contributed by atoms with E-state index >= 15 is 0 Å². The van der Waals surface area contributed by atoms with Crippen LogP contribution < -0.4 is 0 Å². The molecule has 0 saturated carbocycles. The molecule has 1 N–H and O–H groups in total. The Labute approximate surface area is 108 Å². The van der Waals surface area contributed by atoms with E-state index < -0.39 is 5.97 Å². The van der Waals surface area contributed by atoms with Crippen molar-refractivity contribution >= 4 is 5.97 Å².